The summed E-state index contributed by atoms with van der Waals surface area (Å²) in [6.45, 7) is 0.524. The molecule has 0 N–H and O–H groups in total. The van der Waals surface area contributed by atoms with E-state index in [1.807, 2.05) is 41.3 Å². The van der Waals surface area contributed by atoms with Gasteiger partial charge in [0.1, 0.15) is 0 Å². The Morgan fingerprint density at radius 3 is 2.57 bits per heavy atom. The van der Waals surface area contributed by atoms with Gasteiger partial charge in [0, 0.05) is 29.0 Å². The summed E-state index contributed by atoms with van der Waals surface area (Å²) in [6, 6.07) is 15.2. The van der Waals surface area contributed by atoms with E-state index in [-0.39, 0.29) is 11.9 Å². The zero-order valence-electron chi connectivity index (χ0n) is 16.6. The van der Waals surface area contributed by atoms with Crippen LogP contribution >= 0.6 is 27.5 Å². The van der Waals surface area contributed by atoms with Crippen molar-refractivity contribution < 1.29 is 9.32 Å². The summed E-state index contributed by atoms with van der Waals surface area (Å²) in [5, 5.41) is 4.58. The van der Waals surface area contributed by atoms with Gasteiger partial charge in [-0.2, -0.15) is 4.98 Å². The molecule has 5 nitrogen and oxygen atoms in total. The van der Waals surface area contributed by atoms with Gasteiger partial charge >= 0.3 is 0 Å². The van der Waals surface area contributed by atoms with E-state index >= 15 is 0 Å². The van der Waals surface area contributed by atoms with Crippen LogP contribution in [0.15, 0.2) is 57.5 Å². The van der Waals surface area contributed by atoms with E-state index in [0.717, 1.165) is 35.7 Å². The quantitative estimate of drug-likeness (QED) is 0.416. The number of amides is 1. The van der Waals surface area contributed by atoms with Gasteiger partial charge in [-0.1, -0.05) is 64.1 Å². The summed E-state index contributed by atoms with van der Waals surface area (Å²) >= 11 is 9.74. The maximum absolute atomic E-state index is 13.3. The number of carbonyl (C=O) groups is 1. The van der Waals surface area contributed by atoms with E-state index in [0.29, 0.717) is 35.3 Å². The highest BCUT2D eigenvalue weighted by molar-refractivity contribution is 9.10. The smallest absolute Gasteiger partial charge is 0.255 e. The highest BCUT2D eigenvalue weighted by atomic mass is 79.9. The maximum Gasteiger partial charge on any atom is 0.255 e. The second-order valence-corrected chi connectivity index (χ2v) is 8.86. The minimum atomic E-state index is -0.0276. The Kier molecular flexibility index (Phi) is 6.85. The molecule has 1 heterocycles. The topological polar surface area (TPSA) is 59.2 Å². The van der Waals surface area contributed by atoms with E-state index in [1.165, 1.54) is 6.42 Å². The SMILES string of the molecule is O=C(c1ccccc1Cl)N(CCc1nc(-c2ccc(Br)cc2)no1)C1CCCCC1. The first kappa shape index (κ1) is 21.1. The summed E-state index contributed by atoms with van der Waals surface area (Å²) in [5.41, 5.74) is 1.44. The van der Waals surface area contributed by atoms with Crippen molar-refractivity contribution in [3.05, 3.63) is 69.5 Å². The van der Waals surface area contributed by atoms with Gasteiger partial charge in [-0.05, 0) is 49.2 Å². The van der Waals surface area contributed by atoms with Crippen LogP contribution in [0.2, 0.25) is 5.02 Å². The van der Waals surface area contributed by atoms with Crippen LogP contribution in [0, 0.1) is 0 Å². The lowest BCUT2D eigenvalue weighted by molar-refractivity contribution is 0.0632. The molecule has 2 aromatic carbocycles. The summed E-state index contributed by atoms with van der Waals surface area (Å²) in [5.74, 6) is 1.06. The first-order valence-electron chi connectivity index (χ1n) is 10.3. The largest absolute Gasteiger partial charge is 0.339 e. The second kappa shape index (κ2) is 9.75. The Labute approximate surface area is 189 Å². The molecule has 1 amide bonds. The lowest BCUT2D eigenvalue weighted by Gasteiger charge is -2.34. The number of nitrogens with zero attached hydrogens (tertiary/aromatic N) is 3. The summed E-state index contributed by atoms with van der Waals surface area (Å²) in [7, 11) is 0. The molecule has 0 atom stereocenters. The lowest BCUT2D eigenvalue weighted by Crippen LogP contribution is -2.42. The molecule has 4 rings (SSSR count). The minimum absolute atomic E-state index is 0.0276. The third kappa shape index (κ3) is 4.93. The predicted molar refractivity (Wildman–Crippen MR) is 120 cm³/mol. The van der Waals surface area contributed by atoms with Gasteiger partial charge < -0.3 is 9.42 Å². The van der Waals surface area contributed by atoms with Crippen molar-refractivity contribution in [2.45, 2.75) is 44.6 Å². The first-order chi connectivity index (χ1) is 14.6. The fourth-order valence-corrected chi connectivity index (χ4v) is 4.40. The molecule has 1 fully saturated rings. The molecule has 1 aliphatic rings. The Hall–Kier alpha value is -2.18. The normalized spacial score (nSPS) is 14.6. The van der Waals surface area contributed by atoms with Crippen LogP contribution in [-0.2, 0) is 6.42 Å². The van der Waals surface area contributed by atoms with Gasteiger partial charge in [0.2, 0.25) is 11.7 Å². The monoisotopic (exact) mass is 487 g/mol. The van der Waals surface area contributed by atoms with E-state index in [1.54, 1.807) is 12.1 Å². The Morgan fingerprint density at radius 2 is 1.83 bits per heavy atom. The molecule has 0 unspecified atom stereocenters. The molecule has 0 saturated heterocycles. The Balaban J connectivity index is 1.50. The van der Waals surface area contributed by atoms with Crippen LogP contribution in [0.5, 0.6) is 0 Å². The zero-order chi connectivity index (χ0) is 20.9. The Morgan fingerprint density at radius 1 is 1.10 bits per heavy atom. The Bertz CT molecular complexity index is 1000. The third-order valence-corrected chi connectivity index (χ3v) is 6.38. The molecule has 7 heteroatoms. The van der Waals surface area contributed by atoms with Crippen LogP contribution in [0.4, 0.5) is 0 Å². The third-order valence-electron chi connectivity index (χ3n) is 5.52. The standard InChI is InChI=1S/C23H23BrClN3O2/c24-17-12-10-16(11-13-17)22-26-21(30-27-22)14-15-28(18-6-2-1-3-7-18)23(29)19-8-4-5-9-20(19)25/h4-5,8-13,18H,1-3,6-7,14-15H2. The molecule has 0 bridgehead atoms. The van der Waals surface area contributed by atoms with Crippen molar-refractivity contribution in [1.29, 1.82) is 0 Å². The molecule has 1 aromatic heterocycles. The molecule has 0 radical (unpaired) electrons. The first-order valence-corrected chi connectivity index (χ1v) is 11.4. The summed E-state index contributed by atoms with van der Waals surface area (Å²) in [4.78, 5) is 19.8. The number of rotatable bonds is 6. The van der Waals surface area contributed by atoms with Crippen molar-refractivity contribution in [2.24, 2.45) is 0 Å². The number of hydrogen-bond acceptors (Lipinski definition) is 4. The van der Waals surface area contributed by atoms with Gasteiger partial charge in [-0.15, -0.1) is 0 Å². The van der Waals surface area contributed by atoms with Gasteiger partial charge in [-0.25, -0.2) is 0 Å². The van der Waals surface area contributed by atoms with E-state index in [2.05, 4.69) is 26.1 Å². The molecule has 1 aliphatic carbocycles. The average molecular weight is 489 g/mol. The highest BCUT2D eigenvalue weighted by Gasteiger charge is 2.27. The molecule has 3 aromatic rings. The molecule has 156 valence electrons. The van der Waals surface area contributed by atoms with Crippen molar-refractivity contribution in [3.63, 3.8) is 0 Å². The van der Waals surface area contributed by atoms with Crippen molar-refractivity contribution in [3.8, 4) is 11.4 Å². The fourth-order valence-electron chi connectivity index (χ4n) is 3.92. The summed E-state index contributed by atoms with van der Waals surface area (Å²) in [6.07, 6.45) is 6.06. The van der Waals surface area contributed by atoms with Crippen molar-refractivity contribution in [2.75, 3.05) is 6.54 Å². The zero-order valence-corrected chi connectivity index (χ0v) is 18.9. The molecular weight excluding hydrogens is 466 g/mol. The van der Waals surface area contributed by atoms with Crippen molar-refractivity contribution in [1.82, 2.24) is 15.0 Å². The highest BCUT2D eigenvalue weighted by Crippen LogP contribution is 2.26. The van der Waals surface area contributed by atoms with Crippen LogP contribution in [0.1, 0.15) is 48.4 Å². The molecule has 30 heavy (non-hydrogen) atoms. The maximum atomic E-state index is 13.3. The van der Waals surface area contributed by atoms with E-state index in [4.69, 9.17) is 16.1 Å². The molecule has 0 spiro atoms. The predicted octanol–water partition coefficient (Wildman–Crippen LogP) is 6.17. The fraction of sp³-hybridized carbons (Fsp3) is 0.348. The molecule has 1 saturated carbocycles. The van der Waals surface area contributed by atoms with Gasteiger partial charge in [0.15, 0.2) is 0 Å². The van der Waals surface area contributed by atoms with E-state index < -0.39 is 0 Å². The average Bonchev–Trinajstić information content (AvgIpc) is 3.24. The number of halogens is 2. The molecule has 0 aliphatic heterocycles. The molecular formula is C23H23BrClN3O2. The van der Waals surface area contributed by atoms with Crippen LogP contribution in [-0.4, -0.2) is 33.5 Å². The summed E-state index contributed by atoms with van der Waals surface area (Å²) < 4.78 is 6.46. The number of aromatic nitrogens is 2. The van der Waals surface area contributed by atoms with Gasteiger partial charge in [0.05, 0.1) is 10.6 Å². The van der Waals surface area contributed by atoms with Gasteiger partial charge in [-0.3, -0.25) is 4.79 Å². The number of hydrogen-bond donors (Lipinski definition) is 0. The van der Waals surface area contributed by atoms with Crippen LogP contribution < -0.4 is 0 Å². The van der Waals surface area contributed by atoms with Crippen LogP contribution in [0.25, 0.3) is 11.4 Å². The minimum Gasteiger partial charge on any atom is -0.339 e. The van der Waals surface area contributed by atoms with Gasteiger partial charge in [0.25, 0.3) is 5.91 Å². The van der Waals surface area contributed by atoms with Crippen molar-refractivity contribution >= 4 is 33.4 Å². The lowest BCUT2D eigenvalue weighted by atomic mass is 9.93. The number of benzene rings is 2. The van der Waals surface area contributed by atoms with Crippen LogP contribution in [0.3, 0.4) is 0 Å². The van der Waals surface area contributed by atoms with E-state index in [9.17, 15) is 4.79 Å². The second-order valence-electron chi connectivity index (χ2n) is 7.54. The number of carbonyl (C=O) groups excluding carboxylic acids is 1.